The molecule has 3 rings (SSSR count). The van der Waals surface area contributed by atoms with Crippen LogP contribution in [-0.4, -0.2) is 24.0 Å². The topological polar surface area (TPSA) is 23.6 Å². The van der Waals surface area contributed by atoms with Crippen LogP contribution in [0.15, 0.2) is 58.3 Å². The van der Waals surface area contributed by atoms with Crippen LogP contribution in [0.1, 0.15) is 27.7 Å². The predicted octanol–water partition coefficient (Wildman–Crippen LogP) is 6.02. The molecule has 0 bridgehead atoms. The average Bonchev–Trinajstić information content (AvgIpc) is 2.57. The number of carbonyl (C=O) groups excluding carboxylic acids is 1. The number of para-hydroxylation sites is 2. The molecule has 2 aromatic carbocycles. The summed E-state index contributed by atoms with van der Waals surface area (Å²) in [7, 11) is 0. The third kappa shape index (κ3) is 3.84. The Kier molecular flexibility index (Phi) is 5.38. The van der Waals surface area contributed by atoms with Gasteiger partial charge in [0.25, 0.3) is 0 Å². The Labute approximate surface area is 155 Å². The minimum Gasteiger partial charge on any atom is -0.324 e. The molecule has 25 heavy (non-hydrogen) atoms. The standard InChI is InChI=1S/C21H26N2OS/c1-15(2)13-22(14-16(3)4)21(24)23-17-9-5-7-11-19(17)25-20-12-8-6-10-18(20)23/h5-12,15-16H,13-14H2,1-4H3. The summed E-state index contributed by atoms with van der Waals surface area (Å²) in [5.74, 6) is 0.875. The van der Waals surface area contributed by atoms with Crippen LogP contribution in [0, 0.1) is 11.8 Å². The van der Waals surface area contributed by atoms with Gasteiger partial charge < -0.3 is 4.90 Å². The number of nitrogens with zero attached hydrogens (tertiary/aromatic N) is 2. The molecule has 0 fully saturated rings. The molecular weight excluding hydrogens is 328 g/mol. The number of amides is 2. The Bertz CT molecular complexity index is 702. The van der Waals surface area contributed by atoms with E-state index in [4.69, 9.17) is 0 Å². The fraction of sp³-hybridized carbons (Fsp3) is 0.381. The summed E-state index contributed by atoms with van der Waals surface area (Å²) >= 11 is 1.73. The molecule has 0 aliphatic carbocycles. The van der Waals surface area contributed by atoms with Crippen LogP contribution in [-0.2, 0) is 0 Å². The lowest BCUT2D eigenvalue weighted by atomic mass is 10.1. The maximum atomic E-state index is 13.5. The monoisotopic (exact) mass is 354 g/mol. The van der Waals surface area contributed by atoms with Crippen LogP contribution in [0.4, 0.5) is 16.2 Å². The second-order valence-electron chi connectivity index (χ2n) is 7.35. The highest BCUT2D eigenvalue weighted by atomic mass is 32.2. The van der Waals surface area contributed by atoms with E-state index in [1.54, 1.807) is 11.8 Å². The lowest BCUT2D eigenvalue weighted by Gasteiger charge is -2.36. The number of rotatable bonds is 4. The smallest absolute Gasteiger partial charge is 0.324 e. The number of benzene rings is 2. The van der Waals surface area contributed by atoms with Gasteiger partial charge in [-0.25, -0.2) is 4.79 Å². The highest BCUT2D eigenvalue weighted by Crippen LogP contribution is 2.48. The molecule has 0 atom stereocenters. The van der Waals surface area contributed by atoms with E-state index in [-0.39, 0.29) is 6.03 Å². The average molecular weight is 355 g/mol. The number of carbonyl (C=O) groups is 1. The molecule has 0 saturated carbocycles. The van der Waals surface area contributed by atoms with Crippen molar-refractivity contribution in [3.8, 4) is 0 Å². The quantitative estimate of drug-likeness (QED) is 0.670. The molecule has 4 heteroatoms. The van der Waals surface area contributed by atoms with Crippen molar-refractivity contribution in [2.75, 3.05) is 18.0 Å². The van der Waals surface area contributed by atoms with Gasteiger partial charge >= 0.3 is 6.03 Å². The van der Waals surface area contributed by atoms with Crippen LogP contribution in [0.2, 0.25) is 0 Å². The molecule has 132 valence electrons. The van der Waals surface area contributed by atoms with Gasteiger partial charge in [-0.2, -0.15) is 0 Å². The molecule has 1 aliphatic rings. The van der Waals surface area contributed by atoms with E-state index in [0.29, 0.717) is 11.8 Å². The first kappa shape index (κ1) is 17.9. The van der Waals surface area contributed by atoms with E-state index in [1.807, 2.05) is 46.2 Å². The molecule has 0 unspecified atom stereocenters. The van der Waals surface area contributed by atoms with E-state index in [1.165, 1.54) is 0 Å². The van der Waals surface area contributed by atoms with Crippen molar-refractivity contribution in [2.24, 2.45) is 11.8 Å². The molecule has 0 radical (unpaired) electrons. The molecule has 2 aromatic rings. The summed E-state index contributed by atoms with van der Waals surface area (Å²) in [6.07, 6.45) is 0. The largest absolute Gasteiger partial charge is 0.329 e. The van der Waals surface area contributed by atoms with Gasteiger partial charge in [0.2, 0.25) is 0 Å². The number of hydrogen-bond donors (Lipinski definition) is 0. The number of urea groups is 1. The van der Waals surface area contributed by atoms with Crippen molar-refractivity contribution < 1.29 is 4.79 Å². The zero-order valence-electron chi connectivity index (χ0n) is 15.4. The fourth-order valence-corrected chi connectivity index (χ4v) is 4.22. The van der Waals surface area contributed by atoms with Crippen LogP contribution >= 0.6 is 11.8 Å². The first-order chi connectivity index (χ1) is 12.0. The number of hydrogen-bond acceptors (Lipinski definition) is 2. The second-order valence-corrected chi connectivity index (χ2v) is 8.43. The first-order valence-electron chi connectivity index (χ1n) is 8.92. The van der Waals surface area contributed by atoms with Gasteiger partial charge in [-0.3, -0.25) is 4.90 Å². The van der Waals surface area contributed by atoms with E-state index in [9.17, 15) is 4.79 Å². The Morgan fingerprint density at radius 2 is 1.32 bits per heavy atom. The van der Waals surface area contributed by atoms with Crippen molar-refractivity contribution in [3.05, 3.63) is 48.5 Å². The summed E-state index contributed by atoms with van der Waals surface area (Å²) in [4.78, 5) is 19.7. The molecular formula is C21H26N2OS. The predicted molar refractivity (Wildman–Crippen MR) is 106 cm³/mol. The lowest BCUT2D eigenvalue weighted by molar-refractivity contribution is 0.192. The van der Waals surface area contributed by atoms with E-state index >= 15 is 0 Å². The fourth-order valence-electron chi connectivity index (χ4n) is 3.16. The Hall–Kier alpha value is -1.94. The molecule has 0 aromatic heterocycles. The Morgan fingerprint density at radius 3 is 1.76 bits per heavy atom. The van der Waals surface area contributed by atoms with Crippen LogP contribution in [0.3, 0.4) is 0 Å². The van der Waals surface area contributed by atoms with Crippen molar-refractivity contribution in [1.29, 1.82) is 0 Å². The van der Waals surface area contributed by atoms with Gasteiger partial charge in [-0.05, 0) is 36.1 Å². The summed E-state index contributed by atoms with van der Waals surface area (Å²) < 4.78 is 0. The summed E-state index contributed by atoms with van der Waals surface area (Å²) in [5, 5.41) is 0. The van der Waals surface area contributed by atoms with Gasteiger partial charge in [0, 0.05) is 22.9 Å². The molecule has 0 saturated heterocycles. The van der Waals surface area contributed by atoms with Gasteiger partial charge in [-0.1, -0.05) is 63.7 Å². The SMILES string of the molecule is CC(C)CN(CC(C)C)C(=O)N1c2ccccc2Sc2ccccc21. The highest BCUT2D eigenvalue weighted by Gasteiger charge is 2.31. The minimum absolute atomic E-state index is 0.0719. The van der Waals surface area contributed by atoms with E-state index in [2.05, 4.69) is 39.8 Å². The van der Waals surface area contributed by atoms with Crippen molar-refractivity contribution in [3.63, 3.8) is 0 Å². The van der Waals surface area contributed by atoms with Crippen LogP contribution in [0.25, 0.3) is 0 Å². The molecule has 0 N–H and O–H groups in total. The van der Waals surface area contributed by atoms with Crippen molar-refractivity contribution >= 4 is 29.2 Å². The zero-order valence-corrected chi connectivity index (χ0v) is 16.2. The maximum absolute atomic E-state index is 13.5. The van der Waals surface area contributed by atoms with Crippen molar-refractivity contribution in [2.45, 2.75) is 37.5 Å². The summed E-state index contributed by atoms with van der Waals surface area (Å²) in [6, 6.07) is 16.4. The summed E-state index contributed by atoms with van der Waals surface area (Å²) in [5.41, 5.74) is 1.96. The van der Waals surface area contributed by atoms with Gasteiger partial charge in [0.1, 0.15) is 0 Å². The Balaban J connectivity index is 2.03. The normalized spacial score (nSPS) is 13.0. The zero-order chi connectivity index (χ0) is 18.0. The first-order valence-corrected chi connectivity index (χ1v) is 9.74. The third-order valence-corrected chi connectivity index (χ3v) is 5.20. The molecule has 2 amide bonds. The molecule has 3 nitrogen and oxygen atoms in total. The van der Waals surface area contributed by atoms with Gasteiger partial charge in [-0.15, -0.1) is 0 Å². The maximum Gasteiger partial charge on any atom is 0.329 e. The van der Waals surface area contributed by atoms with Gasteiger partial charge in [0.05, 0.1) is 11.4 Å². The van der Waals surface area contributed by atoms with Gasteiger partial charge in [0.15, 0.2) is 0 Å². The summed E-state index contributed by atoms with van der Waals surface area (Å²) in [6.45, 7) is 10.2. The highest BCUT2D eigenvalue weighted by molar-refractivity contribution is 7.99. The molecule has 0 spiro atoms. The van der Waals surface area contributed by atoms with E-state index in [0.717, 1.165) is 34.3 Å². The number of fused-ring (bicyclic) bond motifs is 2. The van der Waals surface area contributed by atoms with Crippen LogP contribution in [0.5, 0.6) is 0 Å². The molecule has 1 heterocycles. The minimum atomic E-state index is 0.0719. The Morgan fingerprint density at radius 1 is 0.880 bits per heavy atom. The van der Waals surface area contributed by atoms with Crippen LogP contribution < -0.4 is 4.90 Å². The van der Waals surface area contributed by atoms with Crippen molar-refractivity contribution in [1.82, 2.24) is 4.90 Å². The molecule has 1 aliphatic heterocycles. The number of anilines is 2. The third-order valence-electron chi connectivity index (χ3n) is 4.07. The lowest BCUT2D eigenvalue weighted by Crippen LogP contribution is -2.45. The second kappa shape index (κ2) is 7.52. The van der Waals surface area contributed by atoms with E-state index < -0.39 is 0 Å².